The highest BCUT2D eigenvalue weighted by molar-refractivity contribution is 6.07. The summed E-state index contributed by atoms with van der Waals surface area (Å²) in [5.74, 6) is -1.37. The molecular formula is C23H24F3N7O5. The van der Waals surface area contributed by atoms with Gasteiger partial charge in [0.2, 0.25) is 11.8 Å². The number of esters is 1. The monoisotopic (exact) mass is 535 g/mol. The summed E-state index contributed by atoms with van der Waals surface area (Å²) >= 11 is 0. The molecule has 12 nitrogen and oxygen atoms in total. The van der Waals surface area contributed by atoms with Gasteiger partial charge in [0.15, 0.2) is 11.5 Å². The van der Waals surface area contributed by atoms with E-state index in [1.807, 2.05) is 0 Å². The molecule has 2 amide bonds. The third-order valence-electron chi connectivity index (χ3n) is 5.76. The average molecular weight is 535 g/mol. The van der Waals surface area contributed by atoms with Crippen LogP contribution in [0.1, 0.15) is 30.8 Å². The van der Waals surface area contributed by atoms with Crippen LogP contribution in [0.3, 0.4) is 0 Å². The summed E-state index contributed by atoms with van der Waals surface area (Å²) in [5, 5.41) is 9.10. The van der Waals surface area contributed by atoms with Gasteiger partial charge >= 0.3 is 12.1 Å². The number of rotatable bonds is 8. The van der Waals surface area contributed by atoms with E-state index in [1.165, 1.54) is 41.2 Å². The van der Waals surface area contributed by atoms with Crippen molar-refractivity contribution in [1.29, 1.82) is 0 Å². The van der Waals surface area contributed by atoms with E-state index in [0.717, 1.165) is 6.26 Å². The summed E-state index contributed by atoms with van der Waals surface area (Å²) in [6.07, 6.45) is -0.109. The van der Waals surface area contributed by atoms with Crippen LogP contribution < -0.4 is 15.5 Å². The van der Waals surface area contributed by atoms with Gasteiger partial charge in [0.05, 0.1) is 13.3 Å². The number of alkyl halides is 3. The average Bonchev–Trinajstić information content (AvgIpc) is 3.56. The summed E-state index contributed by atoms with van der Waals surface area (Å²) in [5.41, 5.74) is -0.300. The van der Waals surface area contributed by atoms with Gasteiger partial charge in [0.1, 0.15) is 30.9 Å². The molecule has 0 atom stereocenters. The Balaban J connectivity index is 1.55. The first kappa shape index (κ1) is 26.6. The fourth-order valence-electron chi connectivity index (χ4n) is 3.69. The number of anilines is 3. The highest BCUT2D eigenvalue weighted by Gasteiger charge is 2.41. The third-order valence-corrected chi connectivity index (χ3v) is 5.76. The number of nitrogens with zero attached hydrogens (tertiary/aromatic N) is 5. The van der Waals surface area contributed by atoms with Crippen molar-refractivity contribution in [3.63, 3.8) is 0 Å². The smallest absolute Gasteiger partial charge is 0.405 e. The molecule has 202 valence electrons. The minimum absolute atomic E-state index is 0.0225. The molecule has 3 aromatic heterocycles. The maximum Gasteiger partial charge on any atom is 0.405 e. The Morgan fingerprint density at radius 2 is 2.05 bits per heavy atom. The molecule has 0 spiro atoms. The zero-order chi connectivity index (χ0) is 27.7. The maximum atomic E-state index is 13.0. The van der Waals surface area contributed by atoms with Crippen LogP contribution in [0, 0.1) is 5.41 Å². The molecule has 1 fully saturated rings. The Morgan fingerprint density at radius 3 is 2.71 bits per heavy atom. The van der Waals surface area contributed by atoms with Gasteiger partial charge in [0.25, 0.3) is 5.91 Å². The number of amides is 2. The van der Waals surface area contributed by atoms with Gasteiger partial charge in [-0.05, 0) is 18.6 Å². The first-order valence-corrected chi connectivity index (χ1v) is 11.4. The van der Waals surface area contributed by atoms with Crippen LogP contribution >= 0.6 is 0 Å². The summed E-state index contributed by atoms with van der Waals surface area (Å²) < 4.78 is 48.7. The number of aromatic nitrogens is 4. The first-order chi connectivity index (χ1) is 17.9. The Kier molecular flexibility index (Phi) is 7.11. The van der Waals surface area contributed by atoms with Crippen LogP contribution in [0.25, 0.3) is 11.5 Å². The summed E-state index contributed by atoms with van der Waals surface area (Å²) in [6, 6.07) is 2.76. The maximum absolute atomic E-state index is 13.0. The normalized spacial score (nSPS) is 15.0. The predicted octanol–water partition coefficient (Wildman–Crippen LogP) is 3.10. The SMILES string of the molecule is COC(=O)Cn1cc(NC(=O)c2coc(-c3ccnc(NCC(F)(F)F)c3)n2)c(N2CCC(C)(C)C2=O)n1. The molecule has 15 heteroatoms. The number of nitrogens with one attached hydrogen (secondary N) is 2. The summed E-state index contributed by atoms with van der Waals surface area (Å²) in [4.78, 5) is 47.0. The summed E-state index contributed by atoms with van der Waals surface area (Å²) in [7, 11) is 1.22. The van der Waals surface area contributed by atoms with Crippen LogP contribution in [0.5, 0.6) is 0 Å². The number of carbonyl (C=O) groups is 3. The number of carbonyl (C=O) groups excluding carboxylic acids is 3. The Hall–Kier alpha value is -4.43. The number of methoxy groups -OCH3 is 1. The molecule has 38 heavy (non-hydrogen) atoms. The molecule has 0 saturated carbocycles. The van der Waals surface area contributed by atoms with E-state index >= 15 is 0 Å². The van der Waals surface area contributed by atoms with E-state index in [4.69, 9.17) is 4.42 Å². The Labute approximate surface area is 214 Å². The predicted molar refractivity (Wildman–Crippen MR) is 127 cm³/mol. The highest BCUT2D eigenvalue weighted by Crippen LogP contribution is 2.36. The number of hydrogen-bond donors (Lipinski definition) is 2. The van der Waals surface area contributed by atoms with Crippen LogP contribution in [0.15, 0.2) is 35.2 Å². The lowest BCUT2D eigenvalue weighted by Gasteiger charge is -2.18. The molecule has 0 aromatic carbocycles. The second-order valence-electron chi connectivity index (χ2n) is 9.12. The lowest BCUT2D eigenvalue weighted by Crippen LogP contribution is -2.32. The van der Waals surface area contributed by atoms with Crippen molar-refractivity contribution in [3.05, 3.63) is 36.5 Å². The van der Waals surface area contributed by atoms with Crippen molar-refractivity contribution < 1.29 is 36.7 Å². The van der Waals surface area contributed by atoms with Crippen molar-refractivity contribution in [2.45, 2.75) is 33.0 Å². The molecule has 4 heterocycles. The second kappa shape index (κ2) is 10.1. The topological polar surface area (TPSA) is 144 Å². The third kappa shape index (κ3) is 5.92. The molecule has 1 saturated heterocycles. The van der Waals surface area contributed by atoms with Crippen LogP contribution in [-0.2, 0) is 20.9 Å². The molecule has 4 rings (SSSR count). The van der Waals surface area contributed by atoms with E-state index in [9.17, 15) is 27.6 Å². The zero-order valence-electron chi connectivity index (χ0n) is 20.6. The van der Waals surface area contributed by atoms with Gasteiger partial charge < -0.3 is 19.8 Å². The second-order valence-corrected chi connectivity index (χ2v) is 9.12. The Morgan fingerprint density at radius 1 is 1.29 bits per heavy atom. The molecular weight excluding hydrogens is 511 g/mol. The molecule has 3 aromatic rings. The number of pyridine rings is 1. The lowest BCUT2D eigenvalue weighted by molar-refractivity contribution is -0.141. The van der Waals surface area contributed by atoms with Crippen LogP contribution in [0.4, 0.5) is 30.5 Å². The van der Waals surface area contributed by atoms with Crippen molar-refractivity contribution in [1.82, 2.24) is 19.7 Å². The first-order valence-electron chi connectivity index (χ1n) is 11.4. The van der Waals surface area contributed by atoms with Gasteiger partial charge in [-0.25, -0.2) is 9.97 Å². The highest BCUT2D eigenvalue weighted by atomic mass is 19.4. The minimum Gasteiger partial charge on any atom is -0.468 e. The molecule has 1 aliphatic rings. The van der Waals surface area contributed by atoms with Crippen molar-refractivity contribution in [2.24, 2.45) is 5.41 Å². The number of ether oxygens (including phenoxy) is 1. The van der Waals surface area contributed by atoms with E-state index in [1.54, 1.807) is 13.8 Å². The van der Waals surface area contributed by atoms with E-state index in [2.05, 4.69) is 30.4 Å². The summed E-state index contributed by atoms with van der Waals surface area (Å²) in [6.45, 7) is 2.46. The van der Waals surface area contributed by atoms with E-state index < -0.39 is 30.0 Å². The molecule has 0 radical (unpaired) electrons. The van der Waals surface area contributed by atoms with Crippen molar-refractivity contribution in [3.8, 4) is 11.5 Å². The largest absolute Gasteiger partial charge is 0.468 e. The lowest BCUT2D eigenvalue weighted by atomic mass is 9.92. The standard InChI is InChI=1S/C23H24F3N7O5/c1-22(2)5-7-33(21(22)36)18-14(9-32(31-18)10-17(34)37-3)29-19(35)15-11-38-20(30-15)13-4-6-27-16(8-13)28-12-23(24,25)26/h4,6,8-9,11H,5,7,10,12H2,1-3H3,(H,27,28)(H,29,35). The van der Waals surface area contributed by atoms with E-state index in [-0.39, 0.29) is 41.4 Å². The fourth-order valence-corrected chi connectivity index (χ4v) is 3.69. The van der Waals surface area contributed by atoms with Crippen LogP contribution in [-0.4, -0.2) is 63.9 Å². The fraction of sp³-hybridized carbons (Fsp3) is 0.391. The van der Waals surface area contributed by atoms with Crippen molar-refractivity contribution in [2.75, 3.05) is 35.7 Å². The number of hydrogen-bond acceptors (Lipinski definition) is 9. The molecule has 0 bridgehead atoms. The van der Waals surface area contributed by atoms with Gasteiger partial charge in [-0.3, -0.25) is 24.0 Å². The number of oxazole rings is 1. The van der Waals surface area contributed by atoms with Gasteiger partial charge in [-0.1, -0.05) is 13.8 Å². The molecule has 0 aliphatic carbocycles. The van der Waals surface area contributed by atoms with Gasteiger partial charge in [-0.2, -0.15) is 18.3 Å². The number of halogens is 3. The minimum atomic E-state index is -4.43. The molecule has 1 aliphatic heterocycles. The van der Waals surface area contributed by atoms with Crippen LogP contribution in [0.2, 0.25) is 0 Å². The molecule has 0 unspecified atom stereocenters. The zero-order valence-corrected chi connectivity index (χ0v) is 20.6. The Bertz CT molecular complexity index is 1370. The van der Waals surface area contributed by atoms with Gasteiger partial charge in [-0.15, -0.1) is 0 Å². The van der Waals surface area contributed by atoms with Crippen molar-refractivity contribution >= 4 is 35.1 Å². The van der Waals surface area contributed by atoms with Gasteiger partial charge in [0, 0.05) is 23.7 Å². The quantitative estimate of drug-likeness (QED) is 0.416. The molecule has 2 N–H and O–H groups in total. The van der Waals surface area contributed by atoms with E-state index in [0.29, 0.717) is 18.5 Å².